The van der Waals surface area contributed by atoms with Gasteiger partial charge in [-0.25, -0.2) is 0 Å². The SMILES string of the molecule is CSc1ccc(C(=O)Nc2nnc(-c3cc(C)n(C)n3)o2)cc1. The third kappa shape index (κ3) is 3.26. The topological polar surface area (TPSA) is 85.8 Å². The van der Waals surface area contributed by atoms with Gasteiger partial charge in [-0.3, -0.25) is 14.8 Å². The van der Waals surface area contributed by atoms with E-state index in [0.29, 0.717) is 11.3 Å². The molecule has 3 aromatic rings. The molecule has 0 radical (unpaired) electrons. The van der Waals surface area contributed by atoms with E-state index < -0.39 is 0 Å². The van der Waals surface area contributed by atoms with Crippen molar-refractivity contribution in [2.24, 2.45) is 7.05 Å². The molecule has 2 aromatic heterocycles. The van der Waals surface area contributed by atoms with Gasteiger partial charge < -0.3 is 4.42 Å². The molecule has 0 aliphatic rings. The number of thioether (sulfide) groups is 1. The molecule has 7 nitrogen and oxygen atoms in total. The van der Waals surface area contributed by atoms with Gasteiger partial charge in [0.15, 0.2) is 0 Å². The highest BCUT2D eigenvalue weighted by atomic mass is 32.2. The largest absolute Gasteiger partial charge is 0.401 e. The molecule has 0 spiro atoms. The fraction of sp³-hybridized carbons (Fsp3) is 0.200. The van der Waals surface area contributed by atoms with Crippen molar-refractivity contribution in [3.63, 3.8) is 0 Å². The summed E-state index contributed by atoms with van der Waals surface area (Å²) in [5.41, 5.74) is 2.07. The van der Waals surface area contributed by atoms with Gasteiger partial charge in [0, 0.05) is 23.2 Å². The second kappa shape index (κ2) is 6.25. The summed E-state index contributed by atoms with van der Waals surface area (Å²) < 4.78 is 7.15. The summed E-state index contributed by atoms with van der Waals surface area (Å²) in [6, 6.07) is 9.15. The molecule has 0 bridgehead atoms. The second-order valence-corrected chi connectivity index (χ2v) is 5.77. The second-order valence-electron chi connectivity index (χ2n) is 4.89. The number of hydrogen-bond donors (Lipinski definition) is 1. The molecule has 0 saturated carbocycles. The number of anilines is 1. The van der Waals surface area contributed by atoms with Crippen LogP contribution in [-0.4, -0.2) is 32.1 Å². The summed E-state index contributed by atoms with van der Waals surface area (Å²) in [6.07, 6.45) is 1.98. The Morgan fingerprint density at radius 1 is 1.26 bits per heavy atom. The Kier molecular flexibility index (Phi) is 4.16. The van der Waals surface area contributed by atoms with Gasteiger partial charge >= 0.3 is 6.01 Å². The number of hydrogen-bond acceptors (Lipinski definition) is 6. The van der Waals surface area contributed by atoms with Crippen LogP contribution in [0.15, 0.2) is 39.6 Å². The maximum Gasteiger partial charge on any atom is 0.322 e. The van der Waals surface area contributed by atoms with Crippen LogP contribution in [0.1, 0.15) is 16.1 Å². The number of nitrogens with one attached hydrogen (secondary N) is 1. The fourth-order valence-corrected chi connectivity index (χ4v) is 2.36. The zero-order valence-electron chi connectivity index (χ0n) is 12.9. The molecule has 1 amide bonds. The van der Waals surface area contributed by atoms with E-state index in [1.807, 2.05) is 38.4 Å². The standard InChI is InChI=1S/C15H15N5O2S/c1-9-8-12(19-20(9)2)14-17-18-15(22-14)16-13(21)10-4-6-11(23-3)7-5-10/h4-8H,1-3H3,(H,16,18,21). The molecule has 0 fully saturated rings. The van der Waals surface area contributed by atoms with E-state index in [1.165, 1.54) is 0 Å². The number of rotatable bonds is 4. The number of aryl methyl sites for hydroxylation is 2. The third-order valence-corrected chi connectivity index (χ3v) is 4.07. The van der Waals surface area contributed by atoms with Crippen molar-refractivity contribution in [1.29, 1.82) is 0 Å². The molecular formula is C15H15N5O2S. The zero-order chi connectivity index (χ0) is 16.4. The first-order valence-corrected chi connectivity index (χ1v) is 8.09. The highest BCUT2D eigenvalue weighted by Gasteiger charge is 2.15. The number of nitrogens with zero attached hydrogens (tertiary/aromatic N) is 4. The van der Waals surface area contributed by atoms with Gasteiger partial charge in [0.05, 0.1) is 0 Å². The minimum atomic E-state index is -0.301. The van der Waals surface area contributed by atoms with Crippen molar-refractivity contribution >= 4 is 23.7 Å². The minimum Gasteiger partial charge on any atom is -0.401 e. The highest BCUT2D eigenvalue weighted by Crippen LogP contribution is 2.20. The predicted molar refractivity (Wildman–Crippen MR) is 87.4 cm³/mol. The molecule has 0 atom stereocenters. The van der Waals surface area contributed by atoms with Crippen LogP contribution in [0.4, 0.5) is 6.01 Å². The van der Waals surface area contributed by atoms with Gasteiger partial charge in [-0.1, -0.05) is 5.10 Å². The molecule has 1 N–H and O–H groups in total. The molecule has 118 valence electrons. The van der Waals surface area contributed by atoms with Crippen LogP contribution in [0.3, 0.4) is 0 Å². The van der Waals surface area contributed by atoms with Crippen molar-refractivity contribution in [2.75, 3.05) is 11.6 Å². The lowest BCUT2D eigenvalue weighted by Gasteiger charge is -2.01. The van der Waals surface area contributed by atoms with E-state index in [4.69, 9.17) is 4.42 Å². The summed E-state index contributed by atoms with van der Waals surface area (Å²) in [5.74, 6) is -0.0354. The quantitative estimate of drug-likeness (QED) is 0.741. The average molecular weight is 329 g/mol. The molecule has 0 saturated heterocycles. The number of benzene rings is 1. The first-order valence-electron chi connectivity index (χ1n) is 6.87. The summed E-state index contributed by atoms with van der Waals surface area (Å²) in [5, 5.41) is 14.6. The molecule has 8 heteroatoms. The summed E-state index contributed by atoms with van der Waals surface area (Å²) in [4.78, 5) is 13.2. The maximum atomic E-state index is 12.2. The van der Waals surface area contributed by atoms with Crippen molar-refractivity contribution in [1.82, 2.24) is 20.0 Å². The Labute approximate surface area is 137 Å². The van der Waals surface area contributed by atoms with Gasteiger partial charge in [0.2, 0.25) is 0 Å². The molecule has 3 rings (SSSR count). The molecular weight excluding hydrogens is 314 g/mol. The third-order valence-electron chi connectivity index (χ3n) is 3.33. The minimum absolute atomic E-state index is 0.0437. The van der Waals surface area contributed by atoms with Crippen LogP contribution in [-0.2, 0) is 7.05 Å². The van der Waals surface area contributed by atoms with Crippen LogP contribution in [0.2, 0.25) is 0 Å². The Hall–Kier alpha value is -2.61. The molecule has 0 aliphatic carbocycles. The van der Waals surface area contributed by atoms with Crippen molar-refractivity contribution < 1.29 is 9.21 Å². The van der Waals surface area contributed by atoms with Gasteiger partial charge in [-0.15, -0.1) is 16.9 Å². The highest BCUT2D eigenvalue weighted by molar-refractivity contribution is 7.98. The number of aromatic nitrogens is 4. The normalized spacial score (nSPS) is 10.7. The van der Waals surface area contributed by atoms with Gasteiger partial charge in [0.1, 0.15) is 5.69 Å². The predicted octanol–water partition coefficient (Wildman–Crippen LogP) is 2.75. The molecule has 1 aromatic carbocycles. The Morgan fingerprint density at radius 3 is 2.61 bits per heavy atom. The lowest BCUT2D eigenvalue weighted by atomic mass is 10.2. The fourth-order valence-electron chi connectivity index (χ4n) is 1.95. The number of carbonyl (C=O) groups is 1. The molecule has 23 heavy (non-hydrogen) atoms. The van der Waals surface area contributed by atoms with Crippen molar-refractivity contribution in [3.05, 3.63) is 41.6 Å². The Bertz CT molecular complexity index is 818. The summed E-state index contributed by atoms with van der Waals surface area (Å²) in [7, 11) is 1.83. The van der Waals surface area contributed by atoms with Gasteiger partial charge in [-0.2, -0.15) is 5.10 Å². The van der Waals surface area contributed by atoms with Gasteiger partial charge in [0.25, 0.3) is 11.8 Å². The Morgan fingerprint density at radius 2 is 2.00 bits per heavy atom. The van der Waals surface area contributed by atoms with E-state index in [1.54, 1.807) is 28.6 Å². The zero-order valence-corrected chi connectivity index (χ0v) is 13.7. The van der Waals surface area contributed by atoms with E-state index in [9.17, 15) is 4.79 Å². The number of carbonyl (C=O) groups excluding carboxylic acids is 1. The van der Waals surface area contributed by atoms with Crippen LogP contribution >= 0.6 is 11.8 Å². The average Bonchev–Trinajstić information content (AvgIpc) is 3.14. The van der Waals surface area contributed by atoms with E-state index >= 15 is 0 Å². The molecule has 2 heterocycles. The Balaban J connectivity index is 1.74. The summed E-state index contributed by atoms with van der Waals surface area (Å²) in [6.45, 7) is 1.92. The van der Waals surface area contributed by atoms with Crippen LogP contribution < -0.4 is 5.32 Å². The smallest absolute Gasteiger partial charge is 0.322 e. The van der Waals surface area contributed by atoms with Gasteiger partial charge in [-0.05, 0) is 43.5 Å². The van der Waals surface area contributed by atoms with E-state index in [0.717, 1.165) is 10.6 Å². The van der Waals surface area contributed by atoms with Crippen LogP contribution in [0.25, 0.3) is 11.6 Å². The van der Waals surface area contributed by atoms with E-state index in [2.05, 4.69) is 20.6 Å². The molecule has 0 unspecified atom stereocenters. The van der Waals surface area contributed by atoms with Crippen molar-refractivity contribution in [2.45, 2.75) is 11.8 Å². The van der Waals surface area contributed by atoms with E-state index in [-0.39, 0.29) is 17.8 Å². The summed E-state index contributed by atoms with van der Waals surface area (Å²) >= 11 is 1.62. The lowest BCUT2D eigenvalue weighted by molar-refractivity contribution is 0.102. The van der Waals surface area contributed by atoms with Crippen LogP contribution in [0, 0.1) is 6.92 Å². The lowest BCUT2D eigenvalue weighted by Crippen LogP contribution is -2.11. The van der Waals surface area contributed by atoms with Crippen LogP contribution in [0.5, 0.6) is 0 Å². The first-order chi connectivity index (χ1) is 11.1. The number of amides is 1. The molecule has 0 aliphatic heterocycles. The van der Waals surface area contributed by atoms with Crippen molar-refractivity contribution in [3.8, 4) is 11.6 Å². The maximum absolute atomic E-state index is 12.2. The monoisotopic (exact) mass is 329 g/mol. The first kappa shape index (κ1) is 15.3.